The minimum Gasteiger partial charge on any atom is -0.510 e. The highest BCUT2D eigenvalue weighted by Crippen LogP contribution is 2.33. The number of hydrazone groups is 1. The summed E-state index contributed by atoms with van der Waals surface area (Å²) < 4.78 is 1.01. The molecule has 2 aromatic carbocycles. The maximum absolute atomic E-state index is 11.4. The minimum absolute atomic E-state index is 0.200. The average Bonchev–Trinajstić information content (AvgIpc) is 3.09. The van der Waals surface area contributed by atoms with Crippen LogP contribution in [0.5, 0.6) is 0 Å². The van der Waals surface area contributed by atoms with E-state index in [1.54, 1.807) is 25.2 Å². The van der Waals surface area contributed by atoms with Crippen molar-refractivity contribution in [3.63, 3.8) is 0 Å². The smallest absolute Gasteiger partial charge is 0.248 e. The molecule has 0 spiro atoms. The van der Waals surface area contributed by atoms with Crippen LogP contribution in [-0.4, -0.2) is 36.0 Å². The highest BCUT2D eigenvalue weighted by atomic mass is 79.9. The van der Waals surface area contributed by atoms with Crippen molar-refractivity contribution in [3.8, 4) is 0 Å². The molecule has 8 heteroatoms. The van der Waals surface area contributed by atoms with Crippen molar-refractivity contribution in [2.24, 2.45) is 10.8 Å². The zero-order chi connectivity index (χ0) is 20.3. The quantitative estimate of drug-likeness (QED) is 0.297. The number of nitrogens with zero attached hydrogens (tertiary/aromatic N) is 2. The van der Waals surface area contributed by atoms with Crippen LogP contribution in [0.15, 0.2) is 63.5 Å². The lowest BCUT2D eigenvalue weighted by Gasteiger charge is -2.24. The lowest BCUT2D eigenvalue weighted by molar-refractivity contribution is 0.100. The van der Waals surface area contributed by atoms with E-state index in [-0.39, 0.29) is 5.76 Å². The number of fused-ring (bicyclic) bond motifs is 1. The minimum atomic E-state index is -0.494. The number of carbonyl (C=O) groups is 1. The predicted octanol–water partition coefficient (Wildman–Crippen LogP) is 3.66. The fraction of sp³-hybridized carbons (Fsp3) is 0.200. The zero-order valence-corrected chi connectivity index (χ0v) is 17.0. The molecule has 146 valence electrons. The second-order valence-corrected chi connectivity index (χ2v) is 7.39. The molecule has 0 aromatic heterocycles. The predicted molar refractivity (Wildman–Crippen MR) is 115 cm³/mol. The van der Waals surface area contributed by atoms with Crippen molar-refractivity contribution in [3.05, 3.63) is 69.5 Å². The number of allylic oxidation sites excluding steroid dienone is 1. The second kappa shape index (κ2) is 8.35. The SMILES string of the molecule is C=NN(C)/C(=C(/O)CCc1ccc(Br)cc1)C1Nc2ccc(C(N)=O)cc2N1. The Morgan fingerprint density at radius 1 is 1.25 bits per heavy atom. The number of anilines is 2. The Morgan fingerprint density at radius 3 is 2.57 bits per heavy atom. The monoisotopic (exact) mass is 443 g/mol. The Balaban J connectivity index is 1.81. The van der Waals surface area contributed by atoms with Crippen LogP contribution >= 0.6 is 15.9 Å². The molecule has 7 nitrogen and oxygen atoms in total. The first-order valence-corrected chi connectivity index (χ1v) is 9.52. The normalized spacial score (nSPS) is 15.7. The van der Waals surface area contributed by atoms with Gasteiger partial charge in [-0.2, -0.15) is 5.10 Å². The summed E-state index contributed by atoms with van der Waals surface area (Å²) in [7, 11) is 1.72. The number of benzene rings is 2. The molecule has 5 N–H and O–H groups in total. The van der Waals surface area contributed by atoms with Crippen LogP contribution in [0, 0.1) is 0 Å². The molecule has 0 saturated carbocycles. The van der Waals surface area contributed by atoms with E-state index in [0.717, 1.165) is 21.4 Å². The van der Waals surface area contributed by atoms with Gasteiger partial charge in [0.15, 0.2) is 0 Å². The first-order valence-electron chi connectivity index (χ1n) is 8.72. The molecule has 1 amide bonds. The molecule has 1 unspecified atom stereocenters. The van der Waals surface area contributed by atoms with Crippen LogP contribution in [0.1, 0.15) is 22.3 Å². The van der Waals surface area contributed by atoms with Crippen LogP contribution in [0.4, 0.5) is 11.4 Å². The summed E-state index contributed by atoms with van der Waals surface area (Å²) in [6.45, 7) is 3.56. The van der Waals surface area contributed by atoms with Gasteiger partial charge in [0.05, 0.1) is 11.4 Å². The van der Waals surface area contributed by atoms with Gasteiger partial charge < -0.3 is 21.5 Å². The standard InChI is InChI=1S/C20H22BrN5O2/c1-23-26(2)18(17(27)10-5-12-3-7-14(21)8-4-12)20-24-15-9-6-13(19(22)28)11-16(15)25-20/h3-4,6-9,11,20,24-25,27H,1,5,10H2,2H3,(H2,22,28)/b18-17+. The molecule has 0 fully saturated rings. The number of aryl methyl sites for hydroxylation is 1. The zero-order valence-electron chi connectivity index (χ0n) is 15.4. The van der Waals surface area contributed by atoms with Crippen molar-refractivity contribution in [1.82, 2.24) is 5.01 Å². The Bertz CT molecular complexity index is 927. The third-order valence-corrected chi connectivity index (χ3v) is 5.13. The van der Waals surface area contributed by atoms with E-state index in [9.17, 15) is 9.90 Å². The summed E-state index contributed by atoms with van der Waals surface area (Å²) in [6.07, 6.45) is 0.706. The lowest BCUT2D eigenvalue weighted by atomic mass is 10.1. The van der Waals surface area contributed by atoms with Crippen molar-refractivity contribution >= 4 is 39.9 Å². The molecule has 0 aliphatic carbocycles. The van der Waals surface area contributed by atoms with E-state index in [1.165, 1.54) is 5.01 Å². The number of hydrogen-bond acceptors (Lipinski definition) is 6. The summed E-state index contributed by atoms with van der Waals surface area (Å²) in [6, 6.07) is 13.1. The first kappa shape index (κ1) is 19.8. The number of aliphatic hydroxyl groups excluding tert-OH is 1. The van der Waals surface area contributed by atoms with Crippen LogP contribution in [0.3, 0.4) is 0 Å². The number of amides is 1. The number of hydrogen-bond donors (Lipinski definition) is 4. The maximum atomic E-state index is 11.4. The van der Waals surface area contributed by atoms with Crippen molar-refractivity contribution in [2.45, 2.75) is 19.0 Å². The van der Waals surface area contributed by atoms with Crippen LogP contribution in [-0.2, 0) is 6.42 Å². The summed E-state index contributed by atoms with van der Waals surface area (Å²) in [5.41, 5.74) is 8.98. The molecule has 0 radical (unpaired) electrons. The number of carbonyl (C=O) groups excluding carboxylic acids is 1. The van der Waals surface area contributed by atoms with Crippen LogP contribution in [0.25, 0.3) is 0 Å². The molecule has 0 saturated heterocycles. The van der Waals surface area contributed by atoms with Gasteiger partial charge in [-0.05, 0) is 42.3 Å². The van der Waals surface area contributed by atoms with E-state index >= 15 is 0 Å². The number of primary amides is 1. The fourth-order valence-corrected chi connectivity index (χ4v) is 3.35. The second-order valence-electron chi connectivity index (χ2n) is 6.47. The Hall–Kier alpha value is -3.00. The van der Waals surface area contributed by atoms with E-state index in [0.29, 0.717) is 24.1 Å². The third kappa shape index (κ3) is 4.28. The van der Waals surface area contributed by atoms with Gasteiger partial charge in [-0.3, -0.25) is 9.80 Å². The van der Waals surface area contributed by atoms with Gasteiger partial charge in [0.25, 0.3) is 0 Å². The molecule has 1 aliphatic heterocycles. The van der Waals surface area contributed by atoms with Crippen LogP contribution in [0.2, 0.25) is 0 Å². The molecule has 1 heterocycles. The fourth-order valence-electron chi connectivity index (χ4n) is 3.08. The summed E-state index contributed by atoms with van der Waals surface area (Å²) in [5, 5.41) is 22.8. The Labute approximate surface area is 172 Å². The van der Waals surface area contributed by atoms with Crippen LogP contribution < -0.4 is 16.4 Å². The highest BCUT2D eigenvalue weighted by molar-refractivity contribution is 9.10. The molecule has 1 aliphatic rings. The highest BCUT2D eigenvalue weighted by Gasteiger charge is 2.28. The molecular weight excluding hydrogens is 422 g/mol. The topological polar surface area (TPSA) is 103 Å². The molecule has 1 atom stereocenters. The van der Waals surface area contributed by atoms with Gasteiger partial charge in [0, 0.05) is 30.2 Å². The first-order chi connectivity index (χ1) is 13.4. The average molecular weight is 444 g/mol. The maximum Gasteiger partial charge on any atom is 0.248 e. The number of nitrogens with one attached hydrogen (secondary N) is 2. The van der Waals surface area contributed by atoms with Crippen molar-refractivity contribution in [2.75, 3.05) is 17.7 Å². The van der Waals surface area contributed by atoms with Gasteiger partial charge in [0.1, 0.15) is 17.6 Å². The van der Waals surface area contributed by atoms with Gasteiger partial charge >= 0.3 is 0 Å². The van der Waals surface area contributed by atoms with E-state index in [1.807, 2.05) is 24.3 Å². The summed E-state index contributed by atoms with van der Waals surface area (Å²) in [4.78, 5) is 11.4. The van der Waals surface area contributed by atoms with Gasteiger partial charge in [-0.1, -0.05) is 28.1 Å². The Morgan fingerprint density at radius 2 is 1.93 bits per heavy atom. The summed E-state index contributed by atoms with van der Waals surface area (Å²) in [5.74, 6) is -0.295. The van der Waals surface area contributed by atoms with E-state index in [2.05, 4.69) is 38.4 Å². The molecule has 28 heavy (non-hydrogen) atoms. The molecule has 2 aromatic rings. The van der Waals surface area contributed by atoms with Gasteiger partial charge in [-0.25, -0.2) is 0 Å². The molecular formula is C20H22BrN5O2. The Kier molecular flexibility index (Phi) is 5.89. The molecule has 3 rings (SSSR count). The number of aliphatic hydroxyl groups is 1. The van der Waals surface area contributed by atoms with E-state index in [4.69, 9.17) is 5.73 Å². The number of rotatable bonds is 7. The van der Waals surface area contributed by atoms with E-state index < -0.39 is 12.1 Å². The largest absolute Gasteiger partial charge is 0.510 e. The lowest BCUT2D eigenvalue weighted by Crippen LogP contribution is -2.33. The number of halogens is 1. The van der Waals surface area contributed by atoms with Gasteiger partial charge in [-0.15, -0.1) is 0 Å². The van der Waals surface area contributed by atoms with Gasteiger partial charge in [0.2, 0.25) is 5.91 Å². The van der Waals surface area contributed by atoms with Crippen molar-refractivity contribution < 1.29 is 9.90 Å². The van der Waals surface area contributed by atoms with Crippen molar-refractivity contribution in [1.29, 1.82) is 0 Å². The third-order valence-electron chi connectivity index (χ3n) is 4.60. The molecule has 0 bridgehead atoms. The summed E-state index contributed by atoms with van der Waals surface area (Å²) >= 11 is 3.42. The number of likely N-dealkylation sites (N-methyl/N-ethyl adjacent to an activating group) is 1. The number of nitrogens with two attached hydrogens (primary N) is 1.